The predicted octanol–water partition coefficient (Wildman–Crippen LogP) is 0.929. The molecule has 2 amide bonds. The van der Waals surface area contributed by atoms with E-state index in [4.69, 9.17) is 5.11 Å². The van der Waals surface area contributed by atoms with Gasteiger partial charge in [0, 0.05) is 43.7 Å². The average molecular weight is 244 g/mol. The van der Waals surface area contributed by atoms with Gasteiger partial charge in [0.15, 0.2) is 0 Å². The smallest absolute Gasteiger partial charge is 0.317 e. The fourth-order valence-electron chi connectivity index (χ4n) is 1.67. The summed E-state index contributed by atoms with van der Waals surface area (Å²) >= 11 is 1.75. The van der Waals surface area contributed by atoms with Crippen LogP contribution in [0.15, 0.2) is 12.7 Å². The first kappa shape index (κ1) is 13.4. The first-order valence-corrected chi connectivity index (χ1v) is 6.75. The van der Waals surface area contributed by atoms with Crippen LogP contribution < -0.4 is 5.32 Å². The molecule has 1 aliphatic rings. The Morgan fingerprint density at radius 1 is 1.69 bits per heavy atom. The molecule has 4 nitrogen and oxygen atoms in total. The average Bonchev–Trinajstić information content (AvgIpc) is 2.77. The molecule has 0 saturated carbocycles. The van der Waals surface area contributed by atoms with E-state index in [1.807, 2.05) is 6.08 Å². The quantitative estimate of drug-likeness (QED) is 0.540. The lowest BCUT2D eigenvalue weighted by atomic mass is 10.1. The molecule has 0 aliphatic carbocycles. The van der Waals surface area contributed by atoms with E-state index >= 15 is 0 Å². The van der Waals surface area contributed by atoms with E-state index in [2.05, 4.69) is 11.9 Å². The number of thioether (sulfide) groups is 1. The van der Waals surface area contributed by atoms with Crippen LogP contribution in [0.2, 0.25) is 0 Å². The molecule has 1 unspecified atom stereocenters. The zero-order valence-electron chi connectivity index (χ0n) is 9.52. The van der Waals surface area contributed by atoms with E-state index in [-0.39, 0.29) is 18.6 Å². The molecule has 1 aliphatic heterocycles. The number of carbonyl (C=O) groups is 1. The third-order valence-electron chi connectivity index (χ3n) is 2.59. The molecule has 1 saturated heterocycles. The molecule has 0 bridgehead atoms. The van der Waals surface area contributed by atoms with Gasteiger partial charge in [-0.15, -0.1) is 6.58 Å². The SMILES string of the molecule is C=CCSCCNC(=O)N1CCC(CO)C1. The first-order chi connectivity index (χ1) is 7.77. The van der Waals surface area contributed by atoms with Gasteiger partial charge in [0.1, 0.15) is 0 Å². The summed E-state index contributed by atoms with van der Waals surface area (Å²) in [4.78, 5) is 13.4. The Bertz CT molecular complexity index is 236. The van der Waals surface area contributed by atoms with Crippen molar-refractivity contribution in [2.24, 2.45) is 5.92 Å². The van der Waals surface area contributed by atoms with Crippen molar-refractivity contribution >= 4 is 17.8 Å². The molecule has 1 fully saturated rings. The highest BCUT2D eigenvalue weighted by Gasteiger charge is 2.25. The molecule has 0 aromatic heterocycles. The van der Waals surface area contributed by atoms with Gasteiger partial charge in [0.05, 0.1) is 0 Å². The number of urea groups is 1. The second-order valence-electron chi connectivity index (χ2n) is 3.88. The Balaban J connectivity index is 2.09. The topological polar surface area (TPSA) is 52.6 Å². The third-order valence-corrected chi connectivity index (χ3v) is 3.55. The molecule has 5 heteroatoms. The third kappa shape index (κ3) is 4.45. The van der Waals surface area contributed by atoms with Crippen molar-refractivity contribution in [3.8, 4) is 0 Å². The van der Waals surface area contributed by atoms with Gasteiger partial charge in [-0.3, -0.25) is 0 Å². The maximum absolute atomic E-state index is 11.6. The molecule has 1 heterocycles. The normalized spacial score (nSPS) is 19.8. The number of aliphatic hydroxyl groups excluding tert-OH is 1. The van der Waals surface area contributed by atoms with Gasteiger partial charge in [-0.1, -0.05) is 6.08 Å². The van der Waals surface area contributed by atoms with Crippen molar-refractivity contribution in [2.45, 2.75) is 6.42 Å². The monoisotopic (exact) mass is 244 g/mol. The van der Waals surface area contributed by atoms with Gasteiger partial charge < -0.3 is 15.3 Å². The maximum atomic E-state index is 11.6. The summed E-state index contributed by atoms with van der Waals surface area (Å²) in [7, 11) is 0. The molecule has 2 N–H and O–H groups in total. The minimum Gasteiger partial charge on any atom is -0.396 e. The van der Waals surface area contributed by atoms with Crippen LogP contribution in [0, 0.1) is 5.92 Å². The molecule has 0 radical (unpaired) electrons. The number of nitrogens with one attached hydrogen (secondary N) is 1. The summed E-state index contributed by atoms with van der Waals surface area (Å²) in [5, 5.41) is 11.8. The van der Waals surface area contributed by atoms with Crippen LogP contribution in [0.4, 0.5) is 4.79 Å². The zero-order chi connectivity index (χ0) is 11.8. The minimum atomic E-state index is -0.00449. The summed E-state index contributed by atoms with van der Waals surface area (Å²) in [6.45, 7) is 5.95. The number of hydrogen-bond acceptors (Lipinski definition) is 3. The Morgan fingerprint density at radius 2 is 2.50 bits per heavy atom. The molecule has 1 atom stereocenters. The molecular formula is C11H20N2O2S. The van der Waals surface area contributed by atoms with E-state index < -0.39 is 0 Å². The summed E-state index contributed by atoms with van der Waals surface area (Å²) < 4.78 is 0. The lowest BCUT2D eigenvalue weighted by Gasteiger charge is -2.16. The van der Waals surface area contributed by atoms with Crippen LogP contribution in [0.25, 0.3) is 0 Å². The van der Waals surface area contributed by atoms with Gasteiger partial charge in [-0.25, -0.2) is 4.79 Å². The van der Waals surface area contributed by atoms with Crippen LogP contribution in [0.5, 0.6) is 0 Å². The molecule has 92 valence electrons. The van der Waals surface area contributed by atoms with Crippen LogP contribution in [-0.2, 0) is 0 Å². The number of aliphatic hydroxyl groups is 1. The highest BCUT2D eigenvalue weighted by Crippen LogP contribution is 2.14. The molecule has 0 aromatic carbocycles. The Hall–Kier alpha value is -0.680. The van der Waals surface area contributed by atoms with E-state index in [9.17, 15) is 4.79 Å². The van der Waals surface area contributed by atoms with Crippen LogP contribution >= 0.6 is 11.8 Å². The van der Waals surface area contributed by atoms with Crippen LogP contribution in [0.3, 0.4) is 0 Å². The molecule has 0 spiro atoms. The summed E-state index contributed by atoms with van der Waals surface area (Å²) in [6.07, 6.45) is 2.77. The molecule has 0 aromatic rings. The fourth-order valence-corrected chi connectivity index (χ4v) is 2.25. The highest BCUT2D eigenvalue weighted by atomic mass is 32.2. The minimum absolute atomic E-state index is 0.00449. The van der Waals surface area contributed by atoms with Crippen LogP contribution in [0.1, 0.15) is 6.42 Å². The highest BCUT2D eigenvalue weighted by molar-refractivity contribution is 7.99. The van der Waals surface area contributed by atoms with E-state index in [1.165, 1.54) is 0 Å². The van der Waals surface area contributed by atoms with Gasteiger partial charge in [0.25, 0.3) is 0 Å². The zero-order valence-corrected chi connectivity index (χ0v) is 10.3. The number of rotatable bonds is 6. The van der Waals surface area contributed by atoms with Gasteiger partial charge in [-0.05, 0) is 6.42 Å². The Kier molecular flexibility index (Phi) is 6.33. The van der Waals surface area contributed by atoms with Gasteiger partial charge in [-0.2, -0.15) is 11.8 Å². The second kappa shape index (κ2) is 7.57. The first-order valence-electron chi connectivity index (χ1n) is 5.60. The number of likely N-dealkylation sites (tertiary alicyclic amines) is 1. The summed E-state index contributed by atoms with van der Waals surface area (Å²) in [5.41, 5.74) is 0. The van der Waals surface area contributed by atoms with E-state index in [0.29, 0.717) is 13.1 Å². The Morgan fingerprint density at radius 3 is 3.12 bits per heavy atom. The fraction of sp³-hybridized carbons (Fsp3) is 0.727. The summed E-state index contributed by atoms with van der Waals surface area (Å²) in [6, 6.07) is -0.00449. The molecule has 1 rings (SSSR count). The predicted molar refractivity (Wildman–Crippen MR) is 67.7 cm³/mol. The number of nitrogens with zero attached hydrogens (tertiary/aromatic N) is 1. The van der Waals surface area contributed by atoms with Crippen molar-refractivity contribution in [3.05, 3.63) is 12.7 Å². The molecule has 16 heavy (non-hydrogen) atoms. The molecular weight excluding hydrogens is 224 g/mol. The van der Waals surface area contributed by atoms with E-state index in [0.717, 1.165) is 24.5 Å². The second-order valence-corrected chi connectivity index (χ2v) is 5.03. The number of amides is 2. The van der Waals surface area contributed by atoms with Crippen molar-refractivity contribution in [3.63, 3.8) is 0 Å². The number of carbonyl (C=O) groups excluding carboxylic acids is 1. The lowest BCUT2D eigenvalue weighted by Crippen LogP contribution is -2.39. The van der Waals surface area contributed by atoms with Gasteiger partial charge in [0.2, 0.25) is 0 Å². The van der Waals surface area contributed by atoms with Crippen molar-refractivity contribution in [1.82, 2.24) is 10.2 Å². The van der Waals surface area contributed by atoms with Crippen molar-refractivity contribution in [2.75, 3.05) is 37.7 Å². The van der Waals surface area contributed by atoms with E-state index in [1.54, 1.807) is 16.7 Å². The Labute approximate surface area is 101 Å². The number of hydrogen-bond donors (Lipinski definition) is 2. The summed E-state index contributed by atoms with van der Waals surface area (Å²) in [5.74, 6) is 2.10. The largest absolute Gasteiger partial charge is 0.396 e. The maximum Gasteiger partial charge on any atom is 0.317 e. The lowest BCUT2D eigenvalue weighted by molar-refractivity contribution is 0.199. The van der Waals surface area contributed by atoms with Gasteiger partial charge >= 0.3 is 6.03 Å². The standard InChI is InChI=1S/C11H20N2O2S/c1-2-6-16-7-4-12-11(15)13-5-3-10(8-13)9-14/h2,10,14H,1,3-9H2,(H,12,15). The van der Waals surface area contributed by atoms with Crippen LogP contribution in [-0.4, -0.2) is 53.8 Å². The van der Waals surface area contributed by atoms with Crippen molar-refractivity contribution in [1.29, 1.82) is 0 Å². The van der Waals surface area contributed by atoms with Crippen molar-refractivity contribution < 1.29 is 9.90 Å².